The molecule has 1 aliphatic rings. The topological polar surface area (TPSA) is 75.7 Å². The van der Waals surface area contributed by atoms with Crippen LogP contribution in [-0.2, 0) is 19.6 Å². The number of nitrogens with zero attached hydrogens (tertiary/aromatic N) is 1. The Morgan fingerprint density at radius 2 is 2.04 bits per heavy atom. The molecule has 1 amide bonds. The predicted octanol–water partition coefficient (Wildman–Crippen LogP) is 2.23. The molecule has 2 rings (SSSR count). The third-order valence-electron chi connectivity index (χ3n) is 4.28. The number of rotatable bonds is 9. The maximum atomic E-state index is 12.1. The highest BCUT2D eigenvalue weighted by Gasteiger charge is 2.20. The van der Waals surface area contributed by atoms with E-state index in [1.54, 1.807) is 18.2 Å². The van der Waals surface area contributed by atoms with Crippen molar-refractivity contribution >= 4 is 21.6 Å². The van der Waals surface area contributed by atoms with E-state index in [4.69, 9.17) is 4.74 Å². The number of hydrogen-bond donors (Lipinski definition) is 1. The molecular weight excluding hydrogens is 340 g/mol. The molecule has 1 fully saturated rings. The summed E-state index contributed by atoms with van der Waals surface area (Å²) < 4.78 is 30.9. The summed E-state index contributed by atoms with van der Waals surface area (Å²) in [7, 11) is -3.53. The van der Waals surface area contributed by atoms with Crippen molar-refractivity contribution in [2.24, 2.45) is 0 Å². The molecule has 7 heteroatoms. The summed E-state index contributed by atoms with van der Waals surface area (Å²) in [6, 6.07) is 7.11. The van der Waals surface area contributed by atoms with Crippen molar-refractivity contribution in [2.75, 3.05) is 30.3 Å². The Bertz CT molecular complexity index is 669. The molecule has 0 spiro atoms. The molecule has 0 heterocycles. The van der Waals surface area contributed by atoms with Gasteiger partial charge in [0.15, 0.2) is 0 Å². The third kappa shape index (κ3) is 6.66. The van der Waals surface area contributed by atoms with E-state index >= 15 is 0 Å². The minimum absolute atomic E-state index is 0.216. The highest BCUT2D eigenvalue weighted by atomic mass is 32.2. The summed E-state index contributed by atoms with van der Waals surface area (Å²) in [6.07, 6.45) is 6.95. The Kier molecular flexibility index (Phi) is 7.25. The van der Waals surface area contributed by atoms with Crippen LogP contribution < -0.4 is 9.62 Å². The maximum Gasteiger partial charge on any atom is 0.240 e. The van der Waals surface area contributed by atoms with E-state index in [-0.39, 0.29) is 12.5 Å². The first-order valence-electron chi connectivity index (χ1n) is 8.79. The average molecular weight is 368 g/mol. The SMILES string of the molecule is Cc1cccc(N(CC(=O)NCCCOC2CCCC2)S(C)(=O)=O)c1. The van der Waals surface area contributed by atoms with Gasteiger partial charge in [-0.1, -0.05) is 25.0 Å². The number of aryl methyl sites for hydroxylation is 1. The fourth-order valence-corrected chi connectivity index (χ4v) is 3.82. The average Bonchev–Trinajstić information content (AvgIpc) is 3.04. The number of carbonyl (C=O) groups is 1. The van der Waals surface area contributed by atoms with E-state index in [1.807, 2.05) is 13.0 Å². The first-order chi connectivity index (χ1) is 11.9. The van der Waals surface area contributed by atoms with Crippen LogP contribution in [0, 0.1) is 6.92 Å². The van der Waals surface area contributed by atoms with Gasteiger partial charge in [0.2, 0.25) is 15.9 Å². The fraction of sp³-hybridized carbons (Fsp3) is 0.611. The molecule has 1 aliphatic carbocycles. The van der Waals surface area contributed by atoms with Crippen LogP contribution >= 0.6 is 0 Å². The van der Waals surface area contributed by atoms with Crippen molar-refractivity contribution in [2.45, 2.75) is 45.1 Å². The number of benzene rings is 1. The third-order valence-corrected chi connectivity index (χ3v) is 5.42. The normalized spacial score (nSPS) is 15.3. The second-order valence-electron chi connectivity index (χ2n) is 6.59. The van der Waals surface area contributed by atoms with Gasteiger partial charge in [0, 0.05) is 13.2 Å². The summed E-state index contributed by atoms with van der Waals surface area (Å²) in [6.45, 7) is 2.77. The van der Waals surface area contributed by atoms with Crippen LogP contribution in [0.3, 0.4) is 0 Å². The molecule has 0 aromatic heterocycles. The Morgan fingerprint density at radius 3 is 2.68 bits per heavy atom. The second kappa shape index (κ2) is 9.20. The van der Waals surface area contributed by atoms with Gasteiger partial charge >= 0.3 is 0 Å². The number of nitrogens with one attached hydrogen (secondary N) is 1. The maximum absolute atomic E-state index is 12.1. The molecule has 6 nitrogen and oxygen atoms in total. The molecule has 0 unspecified atom stereocenters. The predicted molar refractivity (Wildman–Crippen MR) is 99.2 cm³/mol. The van der Waals surface area contributed by atoms with E-state index in [0.717, 1.165) is 35.4 Å². The van der Waals surface area contributed by atoms with Crippen molar-refractivity contribution in [3.63, 3.8) is 0 Å². The van der Waals surface area contributed by atoms with E-state index < -0.39 is 10.0 Å². The molecule has 25 heavy (non-hydrogen) atoms. The van der Waals surface area contributed by atoms with E-state index in [1.165, 1.54) is 12.8 Å². The molecule has 1 aromatic carbocycles. The fourth-order valence-electron chi connectivity index (χ4n) is 2.97. The van der Waals surface area contributed by atoms with E-state index in [9.17, 15) is 13.2 Å². The van der Waals surface area contributed by atoms with Crippen LogP contribution in [0.15, 0.2) is 24.3 Å². The lowest BCUT2D eigenvalue weighted by Crippen LogP contribution is -2.40. The van der Waals surface area contributed by atoms with Gasteiger partial charge in [0.1, 0.15) is 6.54 Å². The van der Waals surface area contributed by atoms with Crippen LogP contribution in [0.25, 0.3) is 0 Å². The van der Waals surface area contributed by atoms with Gasteiger partial charge in [0.25, 0.3) is 0 Å². The highest BCUT2D eigenvalue weighted by molar-refractivity contribution is 7.92. The standard InChI is InChI=1S/C18H28N2O4S/c1-15-7-5-8-16(13-15)20(25(2,22)23)14-18(21)19-11-6-12-24-17-9-3-4-10-17/h5,7-8,13,17H,3-4,6,9-12,14H2,1-2H3,(H,19,21). The van der Waals surface area contributed by atoms with Gasteiger partial charge in [-0.3, -0.25) is 9.10 Å². The lowest BCUT2D eigenvalue weighted by molar-refractivity contribution is -0.119. The van der Waals surface area contributed by atoms with E-state index in [2.05, 4.69) is 5.32 Å². The first kappa shape index (κ1) is 19.7. The van der Waals surface area contributed by atoms with Gasteiger partial charge < -0.3 is 10.1 Å². The second-order valence-corrected chi connectivity index (χ2v) is 8.50. The largest absolute Gasteiger partial charge is 0.378 e. The van der Waals surface area contributed by atoms with Crippen LogP contribution in [-0.4, -0.2) is 46.4 Å². The zero-order valence-electron chi connectivity index (χ0n) is 15.0. The molecule has 0 atom stereocenters. The first-order valence-corrected chi connectivity index (χ1v) is 10.6. The molecule has 0 saturated heterocycles. The minimum atomic E-state index is -3.53. The van der Waals surface area contributed by atoms with Gasteiger partial charge in [0.05, 0.1) is 18.0 Å². The number of amides is 1. The van der Waals surface area contributed by atoms with Crippen LogP contribution in [0.2, 0.25) is 0 Å². The summed E-state index contributed by atoms with van der Waals surface area (Å²) in [5.41, 5.74) is 1.44. The molecule has 0 bridgehead atoms. The molecule has 140 valence electrons. The Balaban J connectivity index is 1.79. The number of hydrogen-bond acceptors (Lipinski definition) is 4. The van der Waals surface area contributed by atoms with Crippen molar-refractivity contribution in [3.05, 3.63) is 29.8 Å². The minimum Gasteiger partial charge on any atom is -0.378 e. The monoisotopic (exact) mass is 368 g/mol. The Labute approximate surface area is 150 Å². The number of sulfonamides is 1. The number of carbonyl (C=O) groups excluding carboxylic acids is 1. The molecule has 0 aliphatic heterocycles. The number of anilines is 1. The van der Waals surface area contributed by atoms with Crippen molar-refractivity contribution < 1.29 is 17.9 Å². The summed E-state index contributed by atoms with van der Waals surface area (Å²) >= 11 is 0. The van der Waals surface area contributed by atoms with Crippen molar-refractivity contribution in [3.8, 4) is 0 Å². The molecule has 1 aromatic rings. The quantitative estimate of drug-likeness (QED) is 0.678. The summed E-state index contributed by atoms with van der Waals surface area (Å²) in [5, 5.41) is 2.77. The van der Waals surface area contributed by atoms with Crippen LogP contribution in [0.1, 0.15) is 37.7 Å². The summed E-state index contributed by atoms with van der Waals surface area (Å²) in [5.74, 6) is -0.312. The molecule has 1 N–H and O–H groups in total. The molecule has 0 radical (unpaired) electrons. The van der Waals surface area contributed by atoms with E-state index in [0.29, 0.717) is 24.9 Å². The van der Waals surface area contributed by atoms with Crippen LogP contribution in [0.5, 0.6) is 0 Å². The Morgan fingerprint density at radius 1 is 1.32 bits per heavy atom. The smallest absolute Gasteiger partial charge is 0.240 e. The van der Waals surface area contributed by atoms with Crippen LogP contribution in [0.4, 0.5) is 5.69 Å². The zero-order valence-corrected chi connectivity index (χ0v) is 15.8. The van der Waals surface area contributed by atoms with Gasteiger partial charge in [-0.25, -0.2) is 8.42 Å². The van der Waals surface area contributed by atoms with Crippen molar-refractivity contribution in [1.29, 1.82) is 0 Å². The zero-order chi connectivity index (χ0) is 18.3. The highest BCUT2D eigenvalue weighted by Crippen LogP contribution is 2.21. The molecule has 1 saturated carbocycles. The number of ether oxygens (including phenoxy) is 1. The lowest BCUT2D eigenvalue weighted by atomic mass is 10.2. The van der Waals surface area contributed by atoms with Crippen molar-refractivity contribution in [1.82, 2.24) is 5.32 Å². The van der Waals surface area contributed by atoms with Gasteiger partial charge in [-0.2, -0.15) is 0 Å². The molecular formula is C18H28N2O4S. The van der Waals surface area contributed by atoms with Gasteiger partial charge in [-0.05, 0) is 43.9 Å². The van der Waals surface area contributed by atoms with Gasteiger partial charge in [-0.15, -0.1) is 0 Å². The summed E-state index contributed by atoms with van der Waals surface area (Å²) in [4.78, 5) is 12.1. The Hall–Kier alpha value is -1.60. The lowest BCUT2D eigenvalue weighted by Gasteiger charge is -2.22.